The molecular weight excluding hydrogens is 351 g/mol. The van der Waals surface area contributed by atoms with E-state index in [9.17, 15) is 12.8 Å². The molecule has 0 fully saturated rings. The summed E-state index contributed by atoms with van der Waals surface area (Å²) in [6.07, 6.45) is 1.70. The number of sulfonamides is 1. The summed E-state index contributed by atoms with van der Waals surface area (Å²) in [4.78, 5) is -0.118. The van der Waals surface area contributed by atoms with Gasteiger partial charge in [0.25, 0.3) is 0 Å². The molecule has 0 unspecified atom stereocenters. The number of nitrogens with two attached hydrogens (primary N) is 1. The minimum atomic E-state index is -3.81. The first-order chi connectivity index (χ1) is 9.29. The highest BCUT2D eigenvalue weighted by atomic mass is 79.9. The van der Waals surface area contributed by atoms with Gasteiger partial charge in [-0.3, -0.25) is 4.68 Å². The summed E-state index contributed by atoms with van der Waals surface area (Å²) in [5.41, 5.74) is 5.73. The molecule has 0 aliphatic rings. The zero-order valence-electron chi connectivity index (χ0n) is 10.5. The van der Waals surface area contributed by atoms with Crippen LogP contribution in [0, 0.1) is 5.82 Å². The molecule has 6 nitrogen and oxygen atoms in total. The fourth-order valence-electron chi connectivity index (χ4n) is 1.55. The molecule has 9 heteroatoms. The van der Waals surface area contributed by atoms with Crippen molar-refractivity contribution in [3.8, 4) is 0 Å². The van der Waals surface area contributed by atoms with Gasteiger partial charge in [-0.1, -0.05) is 0 Å². The van der Waals surface area contributed by atoms with Gasteiger partial charge in [0.1, 0.15) is 5.82 Å². The van der Waals surface area contributed by atoms with Gasteiger partial charge in [-0.15, -0.1) is 0 Å². The molecule has 1 aromatic carbocycles. The molecule has 108 valence electrons. The molecule has 1 heterocycles. The Morgan fingerprint density at radius 3 is 2.80 bits per heavy atom. The number of aryl methyl sites for hydroxylation is 1. The second-order valence-corrected chi connectivity index (χ2v) is 6.70. The van der Waals surface area contributed by atoms with E-state index in [1.54, 1.807) is 24.0 Å². The topological polar surface area (TPSA) is 90.0 Å². The van der Waals surface area contributed by atoms with Crippen molar-refractivity contribution in [3.63, 3.8) is 0 Å². The molecule has 3 N–H and O–H groups in total. The molecule has 0 spiro atoms. The fraction of sp³-hybridized carbons (Fsp3) is 0.182. The molecule has 0 atom stereocenters. The molecule has 0 saturated heterocycles. The number of nitrogens with zero attached hydrogens (tertiary/aromatic N) is 2. The van der Waals surface area contributed by atoms with Gasteiger partial charge in [0.2, 0.25) is 10.0 Å². The molecule has 0 radical (unpaired) electrons. The minimum absolute atomic E-state index is 0.0346. The highest BCUT2D eigenvalue weighted by Gasteiger charge is 2.19. The number of hydrogen-bond acceptors (Lipinski definition) is 4. The molecule has 1 aromatic heterocycles. The Morgan fingerprint density at radius 1 is 1.50 bits per heavy atom. The van der Waals surface area contributed by atoms with Crippen LogP contribution in [-0.4, -0.2) is 18.2 Å². The van der Waals surface area contributed by atoms with Crippen molar-refractivity contribution in [1.82, 2.24) is 14.5 Å². The van der Waals surface area contributed by atoms with Crippen LogP contribution in [0.5, 0.6) is 0 Å². The van der Waals surface area contributed by atoms with Crippen molar-refractivity contribution >= 4 is 31.6 Å². The summed E-state index contributed by atoms with van der Waals surface area (Å²) in [5, 5.41) is 4.05. The van der Waals surface area contributed by atoms with E-state index in [1.807, 2.05) is 0 Å². The van der Waals surface area contributed by atoms with Crippen LogP contribution in [0.15, 0.2) is 33.8 Å². The number of halogens is 2. The van der Waals surface area contributed by atoms with E-state index in [4.69, 9.17) is 5.73 Å². The lowest BCUT2D eigenvalue weighted by Gasteiger charge is -2.09. The Labute approximate surface area is 124 Å². The number of aromatic nitrogens is 2. The van der Waals surface area contributed by atoms with E-state index < -0.39 is 15.8 Å². The molecule has 0 bridgehead atoms. The molecule has 0 aliphatic heterocycles. The summed E-state index contributed by atoms with van der Waals surface area (Å²) < 4.78 is 41.6. The predicted octanol–water partition coefficient (Wildman–Crippen LogP) is 1.38. The summed E-state index contributed by atoms with van der Waals surface area (Å²) in [6.45, 7) is 0.0346. The number of rotatable bonds is 4. The van der Waals surface area contributed by atoms with Gasteiger partial charge in [-0.05, 0) is 34.1 Å². The van der Waals surface area contributed by atoms with Gasteiger partial charge in [0.05, 0.1) is 22.8 Å². The molecule has 0 amide bonds. The molecule has 20 heavy (non-hydrogen) atoms. The second kappa shape index (κ2) is 5.51. The second-order valence-electron chi connectivity index (χ2n) is 4.11. The van der Waals surface area contributed by atoms with Gasteiger partial charge in [-0.25, -0.2) is 17.5 Å². The van der Waals surface area contributed by atoms with Crippen LogP contribution >= 0.6 is 15.9 Å². The molecule has 2 rings (SSSR count). The third-order valence-corrected chi connectivity index (χ3v) is 4.91. The maximum atomic E-state index is 13.2. The first kappa shape index (κ1) is 14.9. The van der Waals surface area contributed by atoms with Crippen molar-refractivity contribution in [2.75, 3.05) is 5.73 Å². The normalized spacial score (nSPS) is 11.8. The lowest BCUT2D eigenvalue weighted by atomic mass is 10.3. The maximum Gasteiger partial charge on any atom is 0.242 e. The zero-order chi connectivity index (χ0) is 14.9. The van der Waals surface area contributed by atoms with Crippen molar-refractivity contribution in [2.45, 2.75) is 11.4 Å². The van der Waals surface area contributed by atoms with E-state index in [2.05, 4.69) is 25.8 Å². The summed E-state index contributed by atoms with van der Waals surface area (Å²) in [5.74, 6) is -0.680. The largest absolute Gasteiger partial charge is 0.396 e. The van der Waals surface area contributed by atoms with Crippen molar-refractivity contribution in [1.29, 1.82) is 0 Å². The fourth-order valence-corrected chi connectivity index (χ4v) is 3.60. The van der Waals surface area contributed by atoms with Crippen LogP contribution in [0.2, 0.25) is 0 Å². The summed E-state index contributed by atoms with van der Waals surface area (Å²) in [7, 11) is -2.08. The zero-order valence-corrected chi connectivity index (χ0v) is 12.9. The van der Waals surface area contributed by atoms with Gasteiger partial charge in [-0.2, -0.15) is 5.10 Å². The van der Waals surface area contributed by atoms with Crippen molar-refractivity contribution in [2.24, 2.45) is 7.05 Å². The SMILES string of the molecule is Cn1ccc(CNS(=O)(=O)c2cc(N)c(F)cc2Br)n1. The number of nitrogen functional groups attached to an aromatic ring is 1. The van der Waals surface area contributed by atoms with Gasteiger partial charge < -0.3 is 5.73 Å². The van der Waals surface area contributed by atoms with Crippen molar-refractivity contribution < 1.29 is 12.8 Å². The Kier molecular flexibility index (Phi) is 4.11. The number of benzene rings is 1. The van der Waals surface area contributed by atoms with E-state index in [0.29, 0.717) is 5.69 Å². The van der Waals surface area contributed by atoms with E-state index in [1.165, 1.54) is 0 Å². The number of anilines is 1. The van der Waals surface area contributed by atoms with Crippen LogP contribution in [0.1, 0.15) is 5.69 Å². The molecule has 0 aliphatic carbocycles. The van der Waals surface area contributed by atoms with E-state index >= 15 is 0 Å². The Bertz CT molecular complexity index is 745. The molecule has 0 saturated carbocycles. The minimum Gasteiger partial charge on any atom is -0.396 e. The summed E-state index contributed by atoms with van der Waals surface area (Å²) in [6, 6.07) is 3.78. The Hall–Kier alpha value is -1.45. The average molecular weight is 363 g/mol. The third-order valence-electron chi connectivity index (χ3n) is 2.55. The quantitative estimate of drug-likeness (QED) is 0.804. The Balaban J connectivity index is 2.24. The van der Waals surface area contributed by atoms with Gasteiger partial charge in [0, 0.05) is 17.7 Å². The van der Waals surface area contributed by atoms with Crippen molar-refractivity contribution in [3.05, 3.63) is 40.4 Å². The van der Waals surface area contributed by atoms with E-state index in [0.717, 1.165) is 12.1 Å². The lowest BCUT2D eigenvalue weighted by Crippen LogP contribution is -2.24. The average Bonchev–Trinajstić information content (AvgIpc) is 2.77. The monoisotopic (exact) mass is 362 g/mol. The standard InChI is InChI=1S/C11H12BrFN4O2S/c1-17-3-2-7(16-17)6-15-20(18,19)11-5-10(14)9(13)4-8(11)12/h2-5,15H,6,14H2,1H3. The highest BCUT2D eigenvalue weighted by molar-refractivity contribution is 9.10. The van der Waals surface area contributed by atoms with Crippen LogP contribution in [0.25, 0.3) is 0 Å². The Morgan fingerprint density at radius 2 is 2.20 bits per heavy atom. The van der Waals surface area contributed by atoms with Gasteiger partial charge >= 0.3 is 0 Å². The van der Waals surface area contributed by atoms with Crippen LogP contribution < -0.4 is 10.5 Å². The first-order valence-corrected chi connectivity index (χ1v) is 7.80. The summed E-state index contributed by atoms with van der Waals surface area (Å²) >= 11 is 3.01. The van der Waals surface area contributed by atoms with Crippen LogP contribution in [0.4, 0.5) is 10.1 Å². The lowest BCUT2D eigenvalue weighted by molar-refractivity contribution is 0.578. The predicted molar refractivity (Wildman–Crippen MR) is 75.7 cm³/mol. The maximum absolute atomic E-state index is 13.2. The molecular formula is C11H12BrFN4O2S. The number of hydrogen-bond donors (Lipinski definition) is 2. The number of nitrogens with one attached hydrogen (secondary N) is 1. The van der Waals surface area contributed by atoms with Crippen LogP contribution in [0.3, 0.4) is 0 Å². The third kappa shape index (κ3) is 3.17. The van der Waals surface area contributed by atoms with Crippen LogP contribution in [-0.2, 0) is 23.6 Å². The van der Waals surface area contributed by atoms with Gasteiger partial charge in [0.15, 0.2) is 0 Å². The first-order valence-electron chi connectivity index (χ1n) is 5.52. The molecule has 2 aromatic rings. The highest BCUT2D eigenvalue weighted by Crippen LogP contribution is 2.26. The smallest absolute Gasteiger partial charge is 0.242 e. The van der Waals surface area contributed by atoms with E-state index in [-0.39, 0.29) is 21.6 Å².